The third-order valence-electron chi connectivity index (χ3n) is 4.18. The van der Waals surface area contributed by atoms with Crippen molar-refractivity contribution in [2.24, 2.45) is 4.99 Å². The second kappa shape index (κ2) is 7.46. The maximum Gasteiger partial charge on any atom is 0.408 e. The number of rotatable bonds is 3. The maximum atomic E-state index is 14.2. The maximum absolute atomic E-state index is 14.2. The summed E-state index contributed by atoms with van der Waals surface area (Å²) in [7, 11) is 0. The van der Waals surface area contributed by atoms with Gasteiger partial charge in [0.25, 0.3) is 0 Å². The van der Waals surface area contributed by atoms with Gasteiger partial charge in [-0.3, -0.25) is 9.98 Å². The standard InChI is InChI=1S/C18H12ClF6N3/c1-9(18(23,24)25)28-16(19)11(15-12(21)6-10(20)7-13(15)22)8-27-17(28)14-4-2-3-5-26-14/h2-9,17H,1H3. The fourth-order valence-electron chi connectivity index (χ4n) is 2.77. The van der Waals surface area contributed by atoms with E-state index in [1.807, 2.05) is 0 Å². The zero-order valence-electron chi connectivity index (χ0n) is 14.2. The molecule has 3 rings (SSSR count). The van der Waals surface area contributed by atoms with E-state index in [-0.39, 0.29) is 5.69 Å². The van der Waals surface area contributed by atoms with Gasteiger partial charge in [0, 0.05) is 30.1 Å². The monoisotopic (exact) mass is 419 g/mol. The van der Waals surface area contributed by atoms with Gasteiger partial charge in [-0.25, -0.2) is 13.2 Å². The molecule has 2 unspecified atom stereocenters. The lowest BCUT2D eigenvalue weighted by Gasteiger charge is -2.39. The normalized spacial score (nSPS) is 18.6. The largest absolute Gasteiger partial charge is 0.408 e. The van der Waals surface area contributed by atoms with E-state index in [4.69, 9.17) is 11.6 Å². The van der Waals surface area contributed by atoms with Crippen molar-refractivity contribution >= 4 is 23.4 Å². The van der Waals surface area contributed by atoms with Crippen molar-refractivity contribution in [3.63, 3.8) is 0 Å². The highest BCUT2D eigenvalue weighted by atomic mass is 35.5. The molecule has 0 fully saturated rings. The highest BCUT2D eigenvalue weighted by Gasteiger charge is 2.45. The summed E-state index contributed by atoms with van der Waals surface area (Å²) in [5.41, 5.74) is -1.04. The summed E-state index contributed by atoms with van der Waals surface area (Å²) >= 11 is 6.17. The molecular formula is C18H12ClF6N3. The molecule has 28 heavy (non-hydrogen) atoms. The molecule has 1 aromatic heterocycles. The van der Waals surface area contributed by atoms with Gasteiger partial charge in [-0.2, -0.15) is 13.2 Å². The molecule has 1 aromatic carbocycles. The number of aromatic nitrogens is 1. The Labute approximate surface area is 161 Å². The Hall–Kier alpha value is -2.55. The quantitative estimate of drug-likeness (QED) is 0.489. The van der Waals surface area contributed by atoms with Gasteiger partial charge in [0.1, 0.15) is 28.6 Å². The van der Waals surface area contributed by atoms with E-state index in [0.717, 1.165) is 13.1 Å². The van der Waals surface area contributed by atoms with E-state index in [1.54, 1.807) is 12.1 Å². The first-order valence-corrected chi connectivity index (χ1v) is 8.33. The van der Waals surface area contributed by atoms with E-state index >= 15 is 0 Å². The van der Waals surface area contributed by atoms with Crippen LogP contribution in [0.1, 0.15) is 24.3 Å². The number of hydrogen-bond acceptors (Lipinski definition) is 3. The number of benzene rings is 1. The molecule has 0 bridgehead atoms. The van der Waals surface area contributed by atoms with Gasteiger partial charge >= 0.3 is 6.18 Å². The van der Waals surface area contributed by atoms with Crippen molar-refractivity contribution in [1.29, 1.82) is 0 Å². The number of hydrogen-bond donors (Lipinski definition) is 0. The van der Waals surface area contributed by atoms with Crippen LogP contribution in [0, 0.1) is 17.5 Å². The average molecular weight is 420 g/mol. The molecule has 0 aliphatic carbocycles. The first-order chi connectivity index (χ1) is 13.1. The van der Waals surface area contributed by atoms with E-state index in [1.165, 1.54) is 12.3 Å². The molecule has 10 heteroatoms. The van der Waals surface area contributed by atoms with Crippen LogP contribution in [0.5, 0.6) is 0 Å². The fourth-order valence-corrected chi connectivity index (χ4v) is 3.15. The van der Waals surface area contributed by atoms with Crippen molar-refractivity contribution in [1.82, 2.24) is 9.88 Å². The number of allylic oxidation sites excluding steroid dienone is 1. The molecule has 0 radical (unpaired) electrons. The molecule has 2 heterocycles. The first kappa shape index (κ1) is 20.2. The Bertz CT molecular complexity index is 919. The summed E-state index contributed by atoms with van der Waals surface area (Å²) in [6.07, 6.45) is -3.65. The smallest absolute Gasteiger partial charge is 0.323 e. The second-order valence-electron chi connectivity index (χ2n) is 5.98. The van der Waals surface area contributed by atoms with Gasteiger partial charge in [0.15, 0.2) is 6.17 Å². The zero-order valence-corrected chi connectivity index (χ0v) is 14.9. The van der Waals surface area contributed by atoms with Crippen molar-refractivity contribution in [2.45, 2.75) is 25.3 Å². The van der Waals surface area contributed by atoms with Gasteiger partial charge in [-0.05, 0) is 19.1 Å². The minimum atomic E-state index is -4.72. The summed E-state index contributed by atoms with van der Waals surface area (Å²) in [5.74, 6) is -3.80. The molecular weight excluding hydrogens is 408 g/mol. The van der Waals surface area contributed by atoms with Crippen molar-refractivity contribution < 1.29 is 26.3 Å². The van der Waals surface area contributed by atoms with Gasteiger partial charge in [-0.15, -0.1) is 0 Å². The van der Waals surface area contributed by atoms with Crippen LogP contribution < -0.4 is 0 Å². The minimum absolute atomic E-state index is 0.159. The molecule has 0 spiro atoms. The van der Waals surface area contributed by atoms with E-state index < -0.39 is 52.1 Å². The van der Waals surface area contributed by atoms with Crippen molar-refractivity contribution in [3.8, 4) is 0 Å². The number of alkyl halides is 3. The molecule has 0 amide bonds. The van der Waals surface area contributed by atoms with E-state index in [9.17, 15) is 26.3 Å². The Kier molecular flexibility index (Phi) is 5.38. The van der Waals surface area contributed by atoms with Crippen LogP contribution in [0.15, 0.2) is 46.7 Å². The third-order valence-corrected chi connectivity index (χ3v) is 4.58. The van der Waals surface area contributed by atoms with E-state index in [0.29, 0.717) is 17.0 Å². The van der Waals surface area contributed by atoms with Crippen LogP contribution in [-0.4, -0.2) is 28.3 Å². The van der Waals surface area contributed by atoms with E-state index in [2.05, 4.69) is 9.98 Å². The molecule has 2 aromatic rings. The van der Waals surface area contributed by atoms with Crippen molar-refractivity contribution in [3.05, 3.63) is 70.4 Å². The summed E-state index contributed by atoms with van der Waals surface area (Å²) in [4.78, 5) is 8.66. The second-order valence-corrected chi connectivity index (χ2v) is 6.34. The number of halogens is 7. The van der Waals surface area contributed by atoms with Crippen LogP contribution in [0.2, 0.25) is 0 Å². The third kappa shape index (κ3) is 3.71. The molecule has 0 saturated heterocycles. The molecule has 0 N–H and O–H groups in total. The summed E-state index contributed by atoms with van der Waals surface area (Å²) in [6, 6.07) is 3.25. The van der Waals surface area contributed by atoms with Crippen LogP contribution in [-0.2, 0) is 0 Å². The number of pyridine rings is 1. The number of aliphatic imine (C=N–C) groups is 1. The Morgan fingerprint density at radius 3 is 2.29 bits per heavy atom. The summed E-state index contributed by atoms with van der Waals surface area (Å²) in [5, 5.41) is -0.583. The molecule has 1 aliphatic rings. The topological polar surface area (TPSA) is 28.5 Å². The Morgan fingerprint density at radius 2 is 1.75 bits per heavy atom. The Balaban J connectivity index is 2.18. The van der Waals surface area contributed by atoms with Crippen LogP contribution in [0.25, 0.3) is 5.57 Å². The summed E-state index contributed by atoms with van der Waals surface area (Å²) in [6.45, 7) is 0.841. The Morgan fingerprint density at radius 1 is 1.11 bits per heavy atom. The van der Waals surface area contributed by atoms with Crippen LogP contribution in [0.3, 0.4) is 0 Å². The van der Waals surface area contributed by atoms with Gasteiger partial charge in [0.2, 0.25) is 0 Å². The average Bonchev–Trinajstić information content (AvgIpc) is 2.61. The van der Waals surface area contributed by atoms with Gasteiger partial charge in [-0.1, -0.05) is 17.7 Å². The lowest BCUT2D eigenvalue weighted by molar-refractivity contribution is -0.178. The lowest BCUT2D eigenvalue weighted by Crippen LogP contribution is -2.45. The summed E-state index contributed by atoms with van der Waals surface area (Å²) < 4.78 is 81.8. The van der Waals surface area contributed by atoms with Crippen molar-refractivity contribution in [2.75, 3.05) is 0 Å². The lowest BCUT2D eigenvalue weighted by atomic mass is 10.0. The molecule has 3 nitrogen and oxygen atoms in total. The molecule has 1 aliphatic heterocycles. The highest BCUT2D eigenvalue weighted by Crippen LogP contribution is 2.41. The minimum Gasteiger partial charge on any atom is -0.323 e. The van der Waals surface area contributed by atoms with Crippen LogP contribution in [0.4, 0.5) is 26.3 Å². The van der Waals surface area contributed by atoms with Crippen LogP contribution >= 0.6 is 11.6 Å². The van der Waals surface area contributed by atoms with Gasteiger partial charge < -0.3 is 4.90 Å². The molecule has 0 saturated carbocycles. The molecule has 148 valence electrons. The zero-order chi connectivity index (χ0) is 20.6. The number of nitrogens with zero attached hydrogens (tertiary/aromatic N) is 3. The van der Waals surface area contributed by atoms with Gasteiger partial charge in [0.05, 0.1) is 11.3 Å². The SMILES string of the molecule is CC(N1C(Cl)=C(c2c(F)cc(F)cc2F)C=NC1c1ccccn1)C(F)(F)F. The predicted molar refractivity (Wildman–Crippen MR) is 91.9 cm³/mol. The predicted octanol–water partition coefficient (Wildman–Crippen LogP) is 5.44. The molecule has 2 atom stereocenters. The highest BCUT2D eigenvalue weighted by molar-refractivity contribution is 6.37. The first-order valence-electron chi connectivity index (χ1n) is 7.95. The fraction of sp³-hybridized carbons (Fsp3) is 0.222.